The van der Waals surface area contributed by atoms with Crippen molar-refractivity contribution in [1.29, 1.82) is 0 Å². The van der Waals surface area contributed by atoms with Crippen LogP contribution in [0.2, 0.25) is 0 Å². The monoisotopic (exact) mass is 605 g/mol. The van der Waals surface area contributed by atoms with Crippen LogP contribution in [0, 0.1) is 15.3 Å². The molecule has 12 N–H and O–H groups in total. The minimum atomic E-state index is -1.75. The molecule has 1 aromatic heterocycles. The van der Waals surface area contributed by atoms with E-state index in [4.69, 9.17) is 15.3 Å². The van der Waals surface area contributed by atoms with Crippen molar-refractivity contribution in [2.75, 3.05) is 0 Å². The minimum absolute atomic E-state index is 0. The van der Waals surface area contributed by atoms with E-state index in [0.717, 1.165) is 0 Å². The van der Waals surface area contributed by atoms with Crippen LogP contribution in [0.15, 0.2) is 6.33 Å². The zero-order valence-corrected chi connectivity index (χ0v) is 12.5. The molecule has 0 atom stereocenters. The van der Waals surface area contributed by atoms with Crippen LogP contribution in [0.5, 0.6) is 0 Å². The van der Waals surface area contributed by atoms with E-state index in [1.54, 1.807) is 0 Å². The van der Waals surface area contributed by atoms with Gasteiger partial charge in [-0.25, -0.2) is 0 Å². The molecule has 0 spiro atoms. The van der Waals surface area contributed by atoms with Gasteiger partial charge in [-0.05, 0) is 6.33 Å². The van der Waals surface area contributed by atoms with Gasteiger partial charge in [-0.15, -0.1) is 0 Å². The van der Waals surface area contributed by atoms with Crippen molar-refractivity contribution in [2.45, 2.75) is 0 Å². The third-order valence-corrected chi connectivity index (χ3v) is 0.247. The quantitative estimate of drug-likeness (QED) is 0.208. The Morgan fingerprint density at radius 2 is 1.38 bits per heavy atom. The second-order valence-corrected chi connectivity index (χ2v) is 0.749. The molecule has 0 saturated carbocycles. The predicted molar refractivity (Wildman–Crippen MR) is 44.3 cm³/mol. The molecule has 1 heterocycles. The maximum Gasteiger partial charge on any atom is 2.00 e. The van der Waals surface area contributed by atoms with Gasteiger partial charge in [0, 0.05) is 0 Å². The van der Waals surface area contributed by atoms with Crippen molar-refractivity contribution in [3.8, 4) is 0 Å². The molecule has 13 nitrogen and oxygen atoms in total. The van der Waals surface area contributed by atoms with Crippen LogP contribution in [0.1, 0.15) is 0 Å². The van der Waals surface area contributed by atoms with Gasteiger partial charge < -0.3 is 50.5 Å². The summed E-state index contributed by atoms with van der Waals surface area (Å²) in [6.45, 7) is 0. The molecular formula is CH13N9O4Pt2. The number of tetrazole rings is 1. The standard InChI is InChI=1S/CHN4.NO3.4H3N.O.2Pt/c1-2-4-5-3-1;2-1(3)4;;;;;;;/h1H;;4*1H3;;;/q2*-1;;;;;-2;2*+2. The molecule has 1 aromatic rings. The normalized spacial score (nSPS) is 4.00. The fourth-order valence-corrected chi connectivity index (χ4v) is 0.115. The van der Waals surface area contributed by atoms with E-state index in [-0.39, 0.29) is 72.2 Å². The van der Waals surface area contributed by atoms with Gasteiger partial charge in [0.25, 0.3) is 0 Å². The SMILES string of the molecule is N.N.N.N.O=[N+]([O-])[O-].[O-2].[Pt+2].[Pt+2].c1nnn[n-]1. The number of rotatable bonds is 0. The zero-order valence-electron chi connectivity index (χ0n) is 7.91. The Kier molecular flexibility index (Phi) is 171. The first-order chi connectivity index (χ1) is 4.23. The van der Waals surface area contributed by atoms with Gasteiger partial charge in [0.2, 0.25) is 0 Å². The summed E-state index contributed by atoms with van der Waals surface area (Å²) >= 11 is 0. The van der Waals surface area contributed by atoms with Crippen molar-refractivity contribution in [1.82, 2.24) is 45.2 Å². The molecule has 0 radical (unpaired) electrons. The van der Waals surface area contributed by atoms with Crippen molar-refractivity contribution in [3.63, 3.8) is 0 Å². The van der Waals surface area contributed by atoms with E-state index in [1.807, 2.05) is 0 Å². The summed E-state index contributed by atoms with van der Waals surface area (Å²) < 4.78 is 0. The van der Waals surface area contributed by atoms with Gasteiger partial charge in [0.1, 0.15) is 0 Å². The average molecular weight is 605 g/mol. The molecule has 0 amide bonds. The van der Waals surface area contributed by atoms with Crippen LogP contribution >= 0.6 is 0 Å². The molecular weight excluding hydrogens is 592 g/mol. The maximum absolute atomic E-state index is 8.25. The molecule has 0 unspecified atom stereocenters. The van der Waals surface area contributed by atoms with E-state index >= 15 is 0 Å². The van der Waals surface area contributed by atoms with Crippen LogP contribution in [0.25, 0.3) is 0 Å². The van der Waals surface area contributed by atoms with Crippen LogP contribution < -0.4 is 29.7 Å². The molecule has 15 heteroatoms. The second kappa shape index (κ2) is 47.1. The first kappa shape index (κ1) is 58.1. The number of hydrogen-bond acceptors (Lipinski definition) is 10. The molecule has 0 aliphatic carbocycles. The van der Waals surface area contributed by atoms with Crippen molar-refractivity contribution in [2.24, 2.45) is 0 Å². The maximum atomic E-state index is 8.25. The first-order valence-electron chi connectivity index (χ1n) is 1.66. The summed E-state index contributed by atoms with van der Waals surface area (Å²) in [5, 5.41) is 27.5. The minimum Gasteiger partial charge on any atom is -2.00 e. The summed E-state index contributed by atoms with van der Waals surface area (Å²) in [7, 11) is 0. The third kappa shape index (κ3) is 105. The van der Waals surface area contributed by atoms with Gasteiger partial charge in [0.15, 0.2) is 0 Å². The summed E-state index contributed by atoms with van der Waals surface area (Å²) in [6, 6.07) is 0. The third-order valence-electron chi connectivity index (χ3n) is 0.247. The van der Waals surface area contributed by atoms with Crippen LogP contribution in [0.3, 0.4) is 0 Å². The molecule has 0 saturated heterocycles. The number of hydrogen-bond donors (Lipinski definition) is 4. The topological polar surface area (TPSA) is 287 Å². The van der Waals surface area contributed by atoms with E-state index in [2.05, 4.69) is 20.6 Å². The Balaban J connectivity index is -0.00000000939. The average Bonchev–Trinajstić information content (AvgIpc) is 2.11. The summed E-state index contributed by atoms with van der Waals surface area (Å²) in [6.07, 6.45) is 1.28. The van der Waals surface area contributed by atoms with E-state index < -0.39 is 5.09 Å². The van der Waals surface area contributed by atoms with Crippen molar-refractivity contribution >= 4 is 0 Å². The Hall–Kier alpha value is -0.553. The Morgan fingerprint density at radius 3 is 1.44 bits per heavy atom. The number of aromatic nitrogens is 4. The van der Waals surface area contributed by atoms with Gasteiger partial charge in [-0.2, -0.15) is 5.21 Å². The fourth-order valence-electron chi connectivity index (χ4n) is 0.115. The van der Waals surface area contributed by atoms with Crippen LogP contribution in [-0.4, -0.2) is 20.6 Å². The predicted octanol–water partition coefficient (Wildman–Crippen LogP) is -0.886. The van der Waals surface area contributed by atoms with Gasteiger partial charge in [-0.3, -0.25) is 10.3 Å². The van der Waals surface area contributed by atoms with Crippen molar-refractivity contribution in [3.05, 3.63) is 21.6 Å². The summed E-state index contributed by atoms with van der Waals surface area (Å²) in [4.78, 5) is 8.25. The molecule has 0 aliphatic rings. The Bertz CT molecular complexity index is 139. The van der Waals surface area contributed by atoms with Gasteiger partial charge >= 0.3 is 42.1 Å². The van der Waals surface area contributed by atoms with E-state index in [0.29, 0.717) is 0 Å². The largest absolute Gasteiger partial charge is 2.00 e. The number of nitrogens with zero attached hydrogens (tertiary/aromatic N) is 5. The van der Waals surface area contributed by atoms with E-state index in [1.165, 1.54) is 6.33 Å². The zero-order chi connectivity index (χ0) is 7.11. The first-order valence-corrected chi connectivity index (χ1v) is 1.66. The van der Waals surface area contributed by atoms with Gasteiger partial charge in [0.05, 0.1) is 5.09 Å². The summed E-state index contributed by atoms with van der Waals surface area (Å²) in [5.74, 6) is 0. The molecule has 0 bridgehead atoms. The molecule has 0 aliphatic heterocycles. The van der Waals surface area contributed by atoms with Crippen molar-refractivity contribution < 1.29 is 52.7 Å². The van der Waals surface area contributed by atoms with Crippen LogP contribution in [0.4, 0.5) is 0 Å². The molecule has 0 fully saturated rings. The smallest absolute Gasteiger partial charge is 2.00 e. The fraction of sp³-hybridized carbons (Fsp3) is 0. The Labute approximate surface area is 119 Å². The summed E-state index contributed by atoms with van der Waals surface area (Å²) in [5.41, 5.74) is 0. The second-order valence-electron chi connectivity index (χ2n) is 0.749. The molecule has 1 rings (SSSR count). The van der Waals surface area contributed by atoms with E-state index in [9.17, 15) is 0 Å². The molecule has 0 aromatic carbocycles. The molecule has 106 valence electrons. The Morgan fingerprint density at radius 1 is 1.06 bits per heavy atom. The van der Waals surface area contributed by atoms with Crippen LogP contribution in [-0.2, 0) is 47.6 Å². The van der Waals surface area contributed by atoms with Gasteiger partial charge in [-0.1, -0.05) is 0 Å². The molecule has 16 heavy (non-hydrogen) atoms.